The molecule has 2 aliphatic heterocycles. The van der Waals surface area contributed by atoms with Gasteiger partial charge in [-0.25, -0.2) is 9.67 Å². The molecule has 0 aliphatic carbocycles. The van der Waals surface area contributed by atoms with Crippen molar-refractivity contribution in [2.45, 2.75) is 26.1 Å². The second-order valence-corrected chi connectivity index (χ2v) is 11.6. The molecule has 0 spiro atoms. The smallest absolute Gasteiger partial charge is 0.251 e. The first-order valence-electron chi connectivity index (χ1n) is 16.0. The van der Waals surface area contributed by atoms with E-state index >= 15 is 0 Å². The quantitative estimate of drug-likeness (QED) is 0.340. The monoisotopic (exact) mass is 653 g/mol. The van der Waals surface area contributed by atoms with Gasteiger partial charge in [-0.15, -0.1) is 0 Å². The lowest BCUT2D eigenvalue weighted by Gasteiger charge is -2.27. The fourth-order valence-electron chi connectivity index (χ4n) is 5.75. The minimum absolute atomic E-state index is 0.0857. The molecule has 4 aromatic rings. The van der Waals surface area contributed by atoms with Crippen LogP contribution in [-0.4, -0.2) is 95.3 Å². The van der Waals surface area contributed by atoms with E-state index in [1.54, 1.807) is 22.9 Å². The predicted molar refractivity (Wildman–Crippen MR) is 177 cm³/mol. The summed E-state index contributed by atoms with van der Waals surface area (Å²) in [5.41, 5.74) is 2.19. The molecule has 2 bridgehead atoms. The zero-order chi connectivity index (χ0) is 33.5. The van der Waals surface area contributed by atoms with Gasteiger partial charge in [0.25, 0.3) is 5.91 Å². The number of hydrogen-bond donors (Lipinski definition) is 2. The number of amides is 3. The highest BCUT2D eigenvalue weighted by Gasteiger charge is 2.25. The first-order valence-corrected chi connectivity index (χ1v) is 16.0. The molecule has 0 radical (unpaired) electrons. The van der Waals surface area contributed by atoms with E-state index in [0.717, 1.165) is 16.9 Å². The highest BCUT2D eigenvalue weighted by atomic mass is 16.5. The zero-order valence-electron chi connectivity index (χ0n) is 27.1. The van der Waals surface area contributed by atoms with Gasteiger partial charge in [0.1, 0.15) is 24.8 Å². The molecular formula is C35H39N7O6. The van der Waals surface area contributed by atoms with E-state index in [-0.39, 0.29) is 50.5 Å². The molecular weight excluding hydrogens is 614 g/mol. The summed E-state index contributed by atoms with van der Waals surface area (Å²) in [5.74, 6) is 1.79. The van der Waals surface area contributed by atoms with E-state index in [1.165, 1.54) is 12.0 Å². The van der Waals surface area contributed by atoms with Crippen molar-refractivity contribution in [1.29, 1.82) is 0 Å². The van der Waals surface area contributed by atoms with Crippen molar-refractivity contribution in [2.75, 3.05) is 53.0 Å². The van der Waals surface area contributed by atoms with Crippen molar-refractivity contribution in [3.8, 4) is 28.6 Å². The van der Waals surface area contributed by atoms with Crippen molar-refractivity contribution in [2.24, 2.45) is 0 Å². The van der Waals surface area contributed by atoms with E-state index < -0.39 is 6.04 Å². The van der Waals surface area contributed by atoms with Gasteiger partial charge in [-0.2, -0.15) is 5.10 Å². The van der Waals surface area contributed by atoms with Gasteiger partial charge in [-0.3, -0.25) is 19.3 Å². The second-order valence-electron chi connectivity index (χ2n) is 11.6. The maximum atomic E-state index is 13.8. The maximum Gasteiger partial charge on any atom is 0.251 e. The van der Waals surface area contributed by atoms with Crippen molar-refractivity contribution in [3.05, 3.63) is 89.7 Å². The van der Waals surface area contributed by atoms with Crippen molar-refractivity contribution in [3.63, 3.8) is 0 Å². The Morgan fingerprint density at radius 2 is 1.69 bits per heavy atom. The summed E-state index contributed by atoms with van der Waals surface area (Å²) in [6.07, 6.45) is 0. The molecule has 1 atom stereocenters. The number of fused-ring (bicyclic) bond motifs is 4. The summed E-state index contributed by atoms with van der Waals surface area (Å²) in [6.45, 7) is 4.01. The van der Waals surface area contributed by atoms with Crippen LogP contribution in [0.5, 0.6) is 17.2 Å². The number of carbonyl (C=O) groups is 3. The topological polar surface area (TPSA) is 140 Å². The third kappa shape index (κ3) is 7.74. The van der Waals surface area contributed by atoms with E-state index in [9.17, 15) is 14.4 Å². The largest absolute Gasteiger partial charge is 0.493 e. The third-order valence-electron chi connectivity index (χ3n) is 8.23. The normalized spacial score (nSPS) is 17.7. The number of methoxy groups -OCH3 is 1. The lowest BCUT2D eigenvalue weighted by atomic mass is 10.2. The summed E-state index contributed by atoms with van der Waals surface area (Å²) < 4.78 is 19.1. The number of nitrogens with one attached hydrogen (secondary N) is 2. The van der Waals surface area contributed by atoms with Crippen LogP contribution in [0.4, 0.5) is 0 Å². The van der Waals surface area contributed by atoms with Gasteiger partial charge in [-0.1, -0.05) is 48.5 Å². The van der Waals surface area contributed by atoms with E-state index in [4.69, 9.17) is 24.3 Å². The number of aromatic nitrogens is 3. The average molecular weight is 654 g/mol. The Kier molecular flexibility index (Phi) is 10.1. The van der Waals surface area contributed by atoms with Gasteiger partial charge >= 0.3 is 0 Å². The molecule has 250 valence electrons. The van der Waals surface area contributed by atoms with Gasteiger partial charge in [0.2, 0.25) is 11.8 Å². The summed E-state index contributed by atoms with van der Waals surface area (Å²) in [5, 5.41) is 10.6. The first kappa shape index (κ1) is 32.5. The summed E-state index contributed by atoms with van der Waals surface area (Å²) in [4.78, 5) is 48.6. The zero-order valence-corrected chi connectivity index (χ0v) is 27.1. The lowest BCUT2D eigenvalue weighted by Crippen LogP contribution is -2.48. The van der Waals surface area contributed by atoms with Gasteiger partial charge in [0.15, 0.2) is 17.3 Å². The van der Waals surface area contributed by atoms with E-state index in [0.29, 0.717) is 55.0 Å². The molecule has 48 heavy (non-hydrogen) atoms. The highest BCUT2D eigenvalue weighted by molar-refractivity contribution is 5.95. The molecule has 3 heterocycles. The predicted octanol–water partition coefficient (Wildman–Crippen LogP) is 2.68. The Hall–Kier alpha value is -5.43. The summed E-state index contributed by atoms with van der Waals surface area (Å²) >= 11 is 0. The van der Waals surface area contributed by atoms with Crippen LogP contribution in [-0.2, 0) is 22.7 Å². The first-order chi connectivity index (χ1) is 23.4. The molecule has 1 aromatic heterocycles. The average Bonchev–Trinajstić information content (AvgIpc) is 3.41. The molecule has 0 fully saturated rings. The number of hydrogen-bond acceptors (Lipinski definition) is 9. The van der Waals surface area contributed by atoms with Crippen LogP contribution in [0.1, 0.15) is 34.7 Å². The van der Waals surface area contributed by atoms with E-state index in [2.05, 4.69) is 10.6 Å². The minimum Gasteiger partial charge on any atom is -0.493 e. The number of para-hydroxylation sites is 1. The number of nitrogens with zero attached hydrogens (tertiary/aromatic N) is 5. The molecule has 13 heteroatoms. The highest BCUT2D eigenvalue weighted by Crippen LogP contribution is 2.28. The molecule has 2 N–H and O–H groups in total. The van der Waals surface area contributed by atoms with Crippen molar-refractivity contribution in [1.82, 2.24) is 35.2 Å². The summed E-state index contributed by atoms with van der Waals surface area (Å²) in [7, 11) is 1.53. The second kappa shape index (κ2) is 15.0. The molecule has 6 rings (SSSR count). The van der Waals surface area contributed by atoms with Crippen LogP contribution in [0.3, 0.4) is 0 Å². The van der Waals surface area contributed by atoms with Crippen LogP contribution in [0.2, 0.25) is 0 Å². The van der Waals surface area contributed by atoms with Crippen LogP contribution in [0.15, 0.2) is 72.8 Å². The molecule has 0 saturated heterocycles. The minimum atomic E-state index is -0.535. The Morgan fingerprint density at radius 3 is 2.52 bits per heavy atom. The molecule has 0 unspecified atom stereocenters. The van der Waals surface area contributed by atoms with Gasteiger partial charge in [-0.05, 0) is 31.2 Å². The Morgan fingerprint density at radius 1 is 0.917 bits per heavy atom. The van der Waals surface area contributed by atoms with Crippen LogP contribution in [0.25, 0.3) is 11.4 Å². The molecule has 2 aliphatic rings. The fraction of sp³-hybridized carbons (Fsp3) is 0.343. The fourth-order valence-corrected chi connectivity index (χ4v) is 5.75. The molecule has 0 saturated carbocycles. The van der Waals surface area contributed by atoms with Crippen LogP contribution in [0, 0.1) is 0 Å². The van der Waals surface area contributed by atoms with Gasteiger partial charge in [0.05, 0.1) is 32.8 Å². The third-order valence-corrected chi connectivity index (χ3v) is 8.23. The lowest BCUT2D eigenvalue weighted by molar-refractivity contribution is -0.137. The molecule has 3 amide bonds. The van der Waals surface area contributed by atoms with Gasteiger partial charge < -0.3 is 29.7 Å². The van der Waals surface area contributed by atoms with Crippen molar-refractivity contribution >= 4 is 17.7 Å². The Balaban J connectivity index is 1.26. The van der Waals surface area contributed by atoms with Gasteiger partial charge in [0, 0.05) is 42.9 Å². The molecule has 3 aromatic carbocycles. The van der Waals surface area contributed by atoms with Crippen LogP contribution < -0.4 is 24.8 Å². The number of ether oxygens (including phenoxy) is 3. The SMILES string of the molecule is COc1ccc2cc1OCCn1nc(-c3ccccc3)nc1[C@@H](C)NC(=O)CN(C(=O)CN1CCOc3ccccc3C1)CCNC2=O. The maximum absolute atomic E-state index is 13.8. The summed E-state index contributed by atoms with van der Waals surface area (Å²) in [6, 6.07) is 21.7. The molecule has 13 nitrogen and oxygen atoms in total. The number of benzene rings is 3. The van der Waals surface area contributed by atoms with Crippen LogP contribution >= 0.6 is 0 Å². The Labute approximate surface area is 278 Å². The van der Waals surface area contributed by atoms with Crippen molar-refractivity contribution < 1.29 is 28.6 Å². The van der Waals surface area contributed by atoms with E-state index in [1.807, 2.05) is 66.4 Å². The number of carbonyl (C=O) groups excluding carboxylic acids is 3. The standard InChI is InChI=1S/C35H39N7O6/c1-24-34-38-33(25-8-4-3-5-9-25)39-42(34)17-19-48-30-20-26(12-13-29(30)46-2)35(45)36-14-15-41(22-31(43)37-24)32(44)23-40-16-18-47-28-11-7-6-10-27(28)21-40/h3-13,20,24H,14-19,21-23H2,1-2H3,(H,36,45)(H,37,43)/t24-/m1/s1. The Bertz CT molecular complexity index is 1760. The number of rotatable bonds is 4.